The lowest BCUT2D eigenvalue weighted by Crippen LogP contribution is -2.40. The van der Waals surface area contributed by atoms with Gasteiger partial charge in [-0.15, -0.1) is 24.0 Å². The monoisotopic (exact) mass is 458 g/mol. The first-order valence-corrected chi connectivity index (χ1v) is 8.96. The molecule has 0 spiro atoms. The molecule has 1 aromatic carbocycles. The van der Waals surface area contributed by atoms with Crippen molar-refractivity contribution < 1.29 is 4.79 Å². The summed E-state index contributed by atoms with van der Waals surface area (Å²) >= 11 is 0. The van der Waals surface area contributed by atoms with Crippen molar-refractivity contribution in [3.05, 3.63) is 35.4 Å². The summed E-state index contributed by atoms with van der Waals surface area (Å²) in [5.74, 6) is 1.21. The van der Waals surface area contributed by atoms with Gasteiger partial charge in [0.05, 0.1) is 0 Å². The highest BCUT2D eigenvalue weighted by atomic mass is 127. The van der Waals surface area contributed by atoms with Crippen LogP contribution in [0.25, 0.3) is 0 Å². The Morgan fingerprint density at radius 2 is 2.00 bits per heavy atom. The highest BCUT2D eigenvalue weighted by molar-refractivity contribution is 14.0. The molecule has 1 aliphatic rings. The number of amides is 1. The molecule has 2 N–H and O–H groups in total. The molecule has 1 unspecified atom stereocenters. The zero-order valence-corrected chi connectivity index (χ0v) is 17.9. The van der Waals surface area contributed by atoms with E-state index in [1.54, 1.807) is 0 Å². The molecule has 25 heavy (non-hydrogen) atoms. The van der Waals surface area contributed by atoms with Gasteiger partial charge in [0, 0.05) is 26.2 Å². The zero-order valence-electron chi connectivity index (χ0n) is 15.5. The van der Waals surface area contributed by atoms with Crippen LogP contribution < -0.4 is 10.6 Å². The summed E-state index contributed by atoms with van der Waals surface area (Å²) in [6.45, 7) is 9.87. The van der Waals surface area contributed by atoms with E-state index in [1.165, 1.54) is 11.1 Å². The Bertz CT molecular complexity index is 570. The zero-order chi connectivity index (χ0) is 17.4. The van der Waals surface area contributed by atoms with E-state index in [1.807, 2.05) is 11.8 Å². The molecular weight excluding hydrogens is 427 g/mol. The van der Waals surface area contributed by atoms with E-state index in [0.29, 0.717) is 11.9 Å². The van der Waals surface area contributed by atoms with Gasteiger partial charge >= 0.3 is 0 Å². The quantitative estimate of drug-likeness (QED) is 0.392. The lowest BCUT2D eigenvalue weighted by Gasteiger charge is -2.17. The number of rotatable bonds is 6. The lowest BCUT2D eigenvalue weighted by atomic mass is 9.99. The third-order valence-corrected chi connectivity index (χ3v) is 4.36. The van der Waals surface area contributed by atoms with Gasteiger partial charge in [0.2, 0.25) is 5.91 Å². The molecule has 140 valence electrons. The predicted octanol–water partition coefficient (Wildman–Crippen LogP) is 2.89. The first-order chi connectivity index (χ1) is 11.6. The number of guanidine groups is 1. The topological polar surface area (TPSA) is 56.7 Å². The van der Waals surface area contributed by atoms with E-state index < -0.39 is 0 Å². The number of likely N-dealkylation sites (tertiary alicyclic amines) is 1. The van der Waals surface area contributed by atoms with Crippen LogP contribution in [0, 0.1) is 6.92 Å². The van der Waals surface area contributed by atoms with Crippen LogP contribution in [-0.4, -0.2) is 49.5 Å². The molecule has 0 saturated carbocycles. The van der Waals surface area contributed by atoms with Gasteiger partial charge in [-0.05, 0) is 38.2 Å². The summed E-state index contributed by atoms with van der Waals surface area (Å²) in [6, 6.07) is 8.57. The molecular formula is C19H31IN4O. The Balaban J connectivity index is 0.00000312. The van der Waals surface area contributed by atoms with E-state index in [2.05, 4.69) is 53.7 Å². The van der Waals surface area contributed by atoms with Gasteiger partial charge in [-0.1, -0.05) is 36.8 Å². The van der Waals surface area contributed by atoms with Gasteiger partial charge in [-0.25, -0.2) is 4.99 Å². The molecule has 0 bridgehead atoms. The van der Waals surface area contributed by atoms with Crippen molar-refractivity contribution in [1.29, 1.82) is 0 Å². The number of hydrogen-bond donors (Lipinski definition) is 2. The molecule has 5 nitrogen and oxygen atoms in total. The summed E-state index contributed by atoms with van der Waals surface area (Å²) in [5, 5.41) is 6.57. The summed E-state index contributed by atoms with van der Waals surface area (Å²) in [5.41, 5.74) is 2.59. The van der Waals surface area contributed by atoms with Crippen LogP contribution in [0.1, 0.15) is 43.7 Å². The highest BCUT2D eigenvalue weighted by Gasteiger charge is 2.17. The molecule has 1 saturated heterocycles. The number of benzene rings is 1. The summed E-state index contributed by atoms with van der Waals surface area (Å²) in [4.78, 5) is 18.5. The molecule has 1 atom stereocenters. The largest absolute Gasteiger partial charge is 0.357 e. The second-order valence-electron chi connectivity index (χ2n) is 6.48. The van der Waals surface area contributed by atoms with Gasteiger partial charge in [0.15, 0.2) is 5.96 Å². The third kappa shape index (κ3) is 7.22. The molecule has 1 aliphatic heterocycles. The second kappa shape index (κ2) is 11.3. The minimum absolute atomic E-state index is 0. The molecule has 0 aromatic heterocycles. The number of aryl methyl sites for hydroxylation is 1. The number of hydrogen-bond acceptors (Lipinski definition) is 2. The molecule has 1 amide bonds. The van der Waals surface area contributed by atoms with Gasteiger partial charge in [0.25, 0.3) is 0 Å². The van der Waals surface area contributed by atoms with E-state index in [4.69, 9.17) is 0 Å². The van der Waals surface area contributed by atoms with Crippen molar-refractivity contribution in [1.82, 2.24) is 15.5 Å². The standard InChI is InChI=1S/C19H30N4O.HI/c1-4-20-19(22-14-18(24)23-10-5-6-11-23)21-13-16(3)17-9-7-8-15(2)12-17;/h7-9,12,16H,4-6,10-11,13-14H2,1-3H3,(H2,20,21,22);1H. The minimum atomic E-state index is 0. The molecule has 6 heteroatoms. The molecule has 0 aliphatic carbocycles. The average Bonchev–Trinajstić information content (AvgIpc) is 3.11. The summed E-state index contributed by atoms with van der Waals surface area (Å²) in [6.07, 6.45) is 2.23. The van der Waals surface area contributed by atoms with Crippen LogP contribution in [0.3, 0.4) is 0 Å². The number of aliphatic imine (C=N–C) groups is 1. The normalized spacial score (nSPS) is 15.5. The van der Waals surface area contributed by atoms with E-state index in [-0.39, 0.29) is 36.4 Å². The number of carbonyl (C=O) groups excluding carboxylic acids is 1. The lowest BCUT2D eigenvalue weighted by molar-refractivity contribution is -0.128. The summed E-state index contributed by atoms with van der Waals surface area (Å²) < 4.78 is 0. The molecule has 1 fully saturated rings. The Morgan fingerprint density at radius 1 is 1.28 bits per heavy atom. The maximum Gasteiger partial charge on any atom is 0.244 e. The maximum absolute atomic E-state index is 12.1. The molecule has 0 radical (unpaired) electrons. The van der Waals surface area contributed by atoms with Crippen LogP contribution in [0.4, 0.5) is 0 Å². The van der Waals surface area contributed by atoms with Crippen LogP contribution in [-0.2, 0) is 4.79 Å². The highest BCUT2D eigenvalue weighted by Crippen LogP contribution is 2.15. The van der Waals surface area contributed by atoms with Gasteiger partial charge in [0.1, 0.15) is 6.54 Å². The Labute approximate surface area is 168 Å². The van der Waals surface area contributed by atoms with Crippen molar-refractivity contribution in [2.45, 2.75) is 39.5 Å². The van der Waals surface area contributed by atoms with Gasteiger partial charge in [-0.3, -0.25) is 4.79 Å². The fourth-order valence-electron chi connectivity index (χ4n) is 2.90. The average molecular weight is 458 g/mol. The van der Waals surface area contributed by atoms with E-state index in [0.717, 1.165) is 39.0 Å². The molecule has 2 rings (SSSR count). The Hall–Kier alpha value is -1.31. The maximum atomic E-state index is 12.1. The number of halogens is 1. The van der Waals surface area contributed by atoms with Crippen LogP contribution >= 0.6 is 24.0 Å². The van der Waals surface area contributed by atoms with Crippen molar-refractivity contribution in [3.63, 3.8) is 0 Å². The van der Waals surface area contributed by atoms with E-state index in [9.17, 15) is 4.79 Å². The Morgan fingerprint density at radius 3 is 2.64 bits per heavy atom. The first-order valence-electron chi connectivity index (χ1n) is 8.96. The van der Waals surface area contributed by atoms with Crippen molar-refractivity contribution in [2.24, 2.45) is 4.99 Å². The molecule has 1 heterocycles. The van der Waals surface area contributed by atoms with Crippen LogP contribution in [0.5, 0.6) is 0 Å². The van der Waals surface area contributed by atoms with Crippen molar-refractivity contribution in [3.8, 4) is 0 Å². The second-order valence-corrected chi connectivity index (χ2v) is 6.48. The van der Waals surface area contributed by atoms with Crippen molar-refractivity contribution >= 4 is 35.8 Å². The number of nitrogens with zero attached hydrogens (tertiary/aromatic N) is 2. The van der Waals surface area contributed by atoms with E-state index >= 15 is 0 Å². The predicted molar refractivity (Wildman–Crippen MR) is 115 cm³/mol. The third-order valence-electron chi connectivity index (χ3n) is 4.36. The fraction of sp³-hybridized carbons (Fsp3) is 0.579. The fourth-order valence-corrected chi connectivity index (χ4v) is 2.90. The first kappa shape index (κ1) is 21.7. The van der Waals surface area contributed by atoms with Gasteiger partial charge in [-0.2, -0.15) is 0 Å². The SMILES string of the molecule is CCNC(=NCC(=O)N1CCCC1)NCC(C)c1cccc(C)c1.I. The van der Waals surface area contributed by atoms with Crippen LogP contribution in [0.15, 0.2) is 29.3 Å². The Kier molecular flexibility index (Phi) is 9.85. The number of carbonyl (C=O) groups is 1. The minimum Gasteiger partial charge on any atom is -0.357 e. The summed E-state index contributed by atoms with van der Waals surface area (Å²) in [7, 11) is 0. The molecule has 1 aromatic rings. The van der Waals surface area contributed by atoms with Gasteiger partial charge < -0.3 is 15.5 Å². The van der Waals surface area contributed by atoms with Crippen molar-refractivity contribution in [2.75, 3.05) is 32.7 Å². The van der Waals surface area contributed by atoms with Crippen LogP contribution in [0.2, 0.25) is 0 Å². The smallest absolute Gasteiger partial charge is 0.244 e. The number of nitrogens with one attached hydrogen (secondary N) is 2.